The number of pyridine rings is 1. The first-order valence-corrected chi connectivity index (χ1v) is 9.87. The lowest BCUT2D eigenvalue weighted by molar-refractivity contribution is 0.0992. The summed E-state index contributed by atoms with van der Waals surface area (Å²) in [5, 5.41) is 0.549. The van der Waals surface area contributed by atoms with Gasteiger partial charge in [-0.2, -0.15) is 0 Å². The summed E-state index contributed by atoms with van der Waals surface area (Å²) in [7, 11) is 0. The molecule has 2 heterocycles. The highest BCUT2D eigenvalue weighted by Crippen LogP contribution is 2.38. The maximum absolute atomic E-state index is 12.9. The minimum absolute atomic E-state index is 0.0475. The van der Waals surface area contributed by atoms with E-state index < -0.39 is 0 Å². The van der Waals surface area contributed by atoms with E-state index in [9.17, 15) is 9.59 Å². The number of ether oxygens (including phenoxy) is 1. The van der Waals surface area contributed by atoms with Gasteiger partial charge in [0.25, 0.3) is 0 Å². The summed E-state index contributed by atoms with van der Waals surface area (Å²) < 4.78 is 5.12. The third-order valence-electron chi connectivity index (χ3n) is 5.28. The van der Waals surface area contributed by atoms with E-state index >= 15 is 0 Å². The smallest absolute Gasteiger partial charge is 0.409 e. The van der Waals surface area contributed by atoms with Gasteiger partial charge in [0.05, 0.1) is 12.3 Å². The Morgan fingerprint density at radius 1 is 1.21 bits per heavy atom. The van der Waals surface area contributed by atoms with Gasteiger partial charge in [-0.15, -0.1) is 0 Å². The van der Waals surface area contributed by atoms with Crippen molar-refractivity contribution in [3.05, 3.63) is 69.5 Å². The molecule has 0 atom stereocenters. The molecule has 2 aromatic rings. The maximum Gasteiger partial charge on any atom is 0.409 e. The fourth-order valence-electron chi connectivity index (χ4n) is 3.95. The molecule has 1 aliphatic carbocycles. The molecular formula is C22H21ClN2O3. The Balaban J connectivity index is 1.80. The van der Waals surface area contributed by atoms with Crippen LogP contribution in [0.2, 0.25) is 5.02 Å². The standard InChI is InChI=1S/C22H21ClN2O3/c1-2-28-22(27)25-10-7-14(8-11-25)20-17-6-5-16(23)13-18(17)19(26)12-15-4-3-9-24-21(15)20/h3-6,9,13H,2,7-8,10-12H2,1H3. The lowest BCUT2D eigenvalue weighted by Crippen LogP contribution is -2.37. The second-order valence-corrected chi connectivity index (χ2v) is 7.40. The predicted octanol–water partition coefficient (Wildman–Crippen LogP) is 4.53. The highest BCUT2D eigenvalue weighted by Gasteiger charge is 2.29. The molecular weight excluding hydrogens is 376 g/mol. The summed E-state index contributed by atoms with van der Waals surface area (Å²) in [4.78, 5) is 31.3. The molecule has 0 radical (unpaired) electrons. The lowest BCUT2D eigenvalue weighted by Gasteiger charge is -2.29. The summed E-state index contributed by atoms with van der Waals surface area (Å²) in [6, 6.07) is 9.30. The van der Waals surface area contributed by atoms with Crippen LogP contribution in [0, 0.1) is 0 Å². The van der Waals surface area contributed by atoms with Crippen LogP contribution >= 0.6 is 11.6 Å². The van der Waals surface area contributed by atoms with Crippen molar-refractivity contribution in [2.45, 2.75) is 26.2 Å². The van der Waals surface area contributed by atoms with Gasteiger partial charge in [-0.3, -0.25) is 9.78 Å². The number of carbonyl (C=O) groups excluding carboxylic acids is 2. The molecule has 0 unspecified atom stereocenters. The molecule has 5 nitrogen and oxygen atoms in total. The molecule has 1 fully saturated rings. The SMILES string of the molecule is CCOC(=O)N1CCC(=C2c3ccc(Cl)cc3C(=O)Cc3cccnc32)CC1. The van der Waals surface area contributed by atoms with E-state index in [1.165, 1.54) is 5.57 Å². The van der Waals surface area contributed by atoms with Gasteiger partial charge in [0.15, 0.2) is 5.78 Å². The zero-order valence-corrected chi connectivity index (χ0v) is 16.5. The largest absolute Gasteiger partial charge is 0.450 e. The summed E-state index contributed by atoms with van der Waals surface area (Å²) in [5.41, 5.74) is 5.52. The Morgan fingerprint density at radius 3 is 2.75 bits per heavy atom. The van der Waals surface area contributed by atoms with Gasteiger partial charge in [0, 0.05) is 41.9 Å². The Hall–Kier alpha value is -2.66. The molecule has 1 saturated heterocycles. The summed E-state index contributed by atoms with van der Waals surface area (Å²) in [6.45, 7) is 3.37. The summed E-state index contributed by atoms with van der Waals surface area (Å²) >= 11 is 6.18. The minimum atomic E-state index is -0.270. The molecule has 1 amide bonds. The van der Waals surface area contributed by atoms with E-state index in [1.807, 2.05) is 31.2 Å². The number of rotatable bonds is 1. The number of halogens is 1. The number of nitrogens with zero attached hydrogens (tertiary/aromatic N) is 2. The van der Waals surface area contributed by atoms with Crippen molar-refractivity contribution in [2.75, 3.05) is 19.7 Å². The number of ketones is 1. The van der Waals surface area contributed by atoms with Gasteiger partial charge in [0.1, 0.15) is 0 Å². The molecule has 0 saturated carbocycles. The highest BCUT2D eigenvalue weighted by atomic mass is 35.5. The van der Waals surface area contributed by atoms with Crippen molar-refractivity contribution in [1.29, 1.82) is 0 Å². The maximum atomic E-state index is 12.9. The van der Waals surface area contributed by atoms with E-state index in [1.54, 1.807) is 17.2 Å². The van der Waals surface area contributed by atoms with Crippen LogP contribution in [0.5, 0.6) is 0 Å². The molecule has 0 N–H and O–H groups in total. The van der Waals surface area contributed by atoms with Gasteiger partial charge in [-0.25, -0.2) is 4.79 Å². The lowest BCUT2D eigenvalue weighted by atomic mass is 9.88. The number of fused-ring (bicyclic) bond motifs is 2. The van der Waals surface area contributed by atoms with Crippen molar-refractivity contribution >= 4 is 29.1 Å². The first-order valence-electron chi connectivity index (χ1n) is 9.49. The molecule has 4 rings (SSSR count). The third-order valence-corrected chi connectivity index (χ3v) is 5.51. The van der Waals surface area contributed by atoms with Gasteiger partial charge in [0.2, 0.25) is 0 Å². The van der Waals surface area contributed by atoms with Crippen molar-refractivity contribution < 1.29 is 14.3 Å². The summed E-state index contributed by atoms with van der Waals surface area (Å²) in [5.74, 6) is 0.0475. The van der Waals surface area contributed by atoms with Gasteiger partial charge in [-0.1, -0.05) is 29.3 Å². The molecule has 1 aliphatic heterocycles. The Morgan fingerprint density at radius 2 is 2.00 bits per heavy atom. The molecule has 2 aliphatic rings. The van der Waals surface area contributed by atoms with Crippen LogP contribution in [-0.2, 0) is 11.2 Å². The van der Waals surface area contributed by atoms with Crippen LogP contribution in [0.1, 0.15) is 46.9 Å². The van der Waals surface area contributed by atoms with Gasteiger partial charge in [-0.05, 0) is 49.1 Å². The Kier molecular flexibility index (Phi) is 5.18. The van der Waals surface area contributed by atoms with E-state index in [0.29, 0.717) is 36.7 Å². The fourth-order valence-corrected chi connectivity index (χ4v) is 4.12. The van der Waals surface area contributed by atoms with Crippen LogP contribution in [0.25, 0.3) is 5.57 Å². The van der Waals surface area contributed by atoms with E-state index in [0.717, 1.165) is 35.2 Å². The quantitative estimate of drug-likeness (QED) is 0.710. The number of aromatic nitrogens is 1. The molecule has 1 aromatic carbocycles. The number of likely N-dealkylation sites (tertiary alicyclic amines) is 1. The minimum Gasteiger partial charge on any atom is -0.450 e. The average molecular weight is 397 g/mol. The van der Waals surface area contributed by atoms with E-state index in [4.69, 9.17) is 16.3 Å². The van der Waals surface area contributed by atoms with Gasteiger partial charge < -0.3 is 9.64 Å². The number of amides is 1. The number of hydrogen-bond acceptors (Lipinski definition) is 4. The van der Waals surface area contributed by atoms with Crippen molar-refractivity contribution in [1.82, 2.24) is 9.88 Å². The molecule has 0 spiro atoms. The van der Waals surface area contributed by atoms with Crippen LogP contribution in [-0.4, -0.2) is 41.5 Å². The highest BCUT2D eigenvalue weighted by molar-refractivity contribution is 6.31. The number of benzene rings is 1. The number of hydrogen-bond donors (Lipinski definition) is 0. The first kappa shape index (κ1) is 18.7. The second kappa shape index (κ2) is 7.76. The normalized spacial score (nSPS) is 16.4. The molecule has 28 heavy (non-hydrogen) atoms. The Bertz CT molecular complexity index is 973. The first-order chi connectivity index (χ1) is 13.6. The predicted molar refractivity (Wildman–Crippen MR) is 108 cm³/mol. The molecule has 0 bridgehead atoms. The Labute approximate surface area is 169 Å². The van der Waals surface area contributed by atoms with E-state index in [-0.39, 0.29) is 11.9 Å². The average Bonchev–Trinajstić information content (AvgIpc) is 2.82. The summed E-state index contributed by atoms with van der Waals surface area (Å²) in [6.07, 6.45) is 3.25. The number of piperidine rings is 1. The number of Topliss-reactive ketones (excluding diaryl/α,β-unsaturated/α-hetero) is 1. The van der Waals surface area contributed by atoms with Crippen LogP contribution in [0.3, 0.4) is 0 Å². The third kappa shape index (κ3) is 3.42. The van der Waals surface area contributed by atoms with Crippen LogP contribution in [0.15, 0.2) is 42.1 Å². The van der Waals surface area contributed by atoms with E-state index in [2.05, 4.69) is 4.98 Å². The fraction of sp³-hybridized carbons (Fsp3) is 0.318. The van der Waals surface area contributed by atoms with Crippen molar-refractivity contribution in [2.24, 2.45) is 0 Å². The van der Waals surface area contributed by atoms with Crippen LogP contribution in [0.4, 0.5) is 4.79 Å². The zero-order valence-electron chi connectivity index (χ0n) is 15.7. The zero-order chi connectivity index (χ0) is 19.7. The molecule has 1 aromatic heterocycles. The van der Waals surface area contributed by atoms with Gasteiger partial charge >= 0.3 is 6.09 Å². The second-order valence-electron chi connectivity index (χ2n) is 6.97. The molecule has 6 heteroatoms. The van der Waals surface area contributed by atoms with Crippen LogP contribution < -0.4 is 0 Å². The monoisotopic (exact) mass is 396 g/mol. The molecule has 144 valence electrons. The van der Waals surface area contributed by atoms with Crippen molar-refractivity contribution in [3.8, 4) is 0 Å². The topological polar surface area (TPSA) is 59.5 Å². The number of carbonyl (C=O) groups is 2. The van der Waals surface area contributed by atoms with Crippen molar-refractivity contribution in [3.63, 3.8) is 0 Å².